The number of aromatic nitrogens is 2. The Hall–Kier alpha value is -2.73. The predicted molar refractivity (Wildman–Crippen MR) is 113 cm³/mol. The molecule has 1 saturated heterocycles. The molecule has 0 radical (unpaired) electrons. The lowest BCUT2D eigenvalue weighted by atomic mass is 10.1. The van der Waals surface area contributed by atoms with Gasteiger partial charge in [-0.15, -0.1) is 0 Å². The molecule has 1 fully saturated rings. The molecular formula is C22H28N4O2. The molecule has 0 bridgehead atoms. The van der Waals surface area contributed by atoms with Gasteiger partial charge in [-0.1, -0.05) is 6.07 Å². The summed E-state index contributed by atoms with van der Waals surface area (Å²) in [6, 6.07) is 10.2. The van der Waals surface area contributed by atoms with E-state index in [0.29, 0.717) is 0 Å². The van der Waals surface area contributed by atoms with Crippen molar-refractivity contribution < 1.29 is 9.47 Å². The summed E-state index contributed by atoms with van der Waals surface area (Å²) < 4.78 is 10.9. The number of ether oxygens (including phenoxy) is 2. The molecule has 1 aromatic carbocycles. The SMILES string of the molecule is COc1cc2[nH]c(C)c(CCN3CCN(c4ccccn4)CC3)c2cc1OC. The fourth-order valence-electron chi connectivity index (χ4n) is 4.04. The molecule has 0 atom stereocenters. The molecule has 4 rings (SSSR count). The highest BCUT2D eigenvalue weighted by Crippen LogP contribution is 2.34. The quantitative estimate of drug-likeness (QED) is 0.711. The Balaban J connectivity index is 1.43. The number of nitrogens with one attached hydrogen (secondary N) is 1. The van der Waals surface area contributed by atoms with E-state index in [1.807, 2.05) is 18.3 Å². The molecule has 1 N–H and O–H groups in total. The molecule has 148 valence electrons. The summed E-state index contributed by atoms with van der Waals surface area (Å²) in [6.45, 7) is 7.37. The molecule has 1 aliphatic heterocycles. The molecule has 0 spiro atoms. The van der Waals surface area contributed by atoms with E-state index < -0.39 is 0 Å². The smallest absolute Gasteiger partial charge is 0.162 e. The summed E-state index contributed by atoms with van der Waals surface area (Å²) in [6.07, 6.45) is 2.88. The van der Waals surface area contributed by atoms with Crippen molar-refractivity contribution in [2.24, 2.45) is 0 Å². The number of hydrogen-bond donors (Lipinski definition) is 1. The van der Waals surface area contributed by atoms with Crippen LogP contribution in [0.25, 0.3) is 10.9 Å². The normalized spacial score (nSPS) is 15.2. The number of piperazine rings is 1. The minimum atomic E-state index is 0.758. The zero-order valence-electron chi connectivity index (χ0n) is 16.9. The number of hydrogen-bond acceptors (Lipinski definition) is 5. The van der Waals surface area contributed by atoms with E-state index in [1.165, 1.54) is 16.6 Å². The largest absolute Gasteiger partial charge is 0.493 e. The van der Waals surface area contributed by atoms with Crippen molar-refractivity contribution in [2.45, 2.75) is 13.3 Å². The molecule has 2 aromatic heterocycles. The molecule has 3 aromatic rings. The van der Waals surface area contributed by atoms with Crippen LogP contribution in [0.3, 0.4) is 0 Å². The van der Waals surface area contributed by atoms with Crippen molar-refractivity contribution in [3.63, 3.8) is 0 Å². The minimum Gasteiger partial charge on any atom is -0.493 e. The summed E-state index contributed by atoms with van der Waals surface area (Å²) >= 11 is 0. The fraction of sp³-hybridized carbons (Fsp3) is 0.409. The molecular weight excluding hydrogens is 352 g/mol. The maximum atomic E-state index is 5.50. The summed E-state index contributed by atoms with van der Waals surface area (Å²) in [5.41, 5.74) is 3.69. The second-order valence-electron chi connectivity index (χ2n) is 7.25. The van der Waals surface area contributed by atoms with Gasteiger partial charge in [0.05, 0.1) is 14.2 Å². The third kappa shape index (κ3) is 3.64. The first-order valence-electron chi connectivity index (χ1n) is 9.81. The number of rotatable bonds is 6. The van der Waals surface area contributed by atoms with Crippen molar-refractivity contribution in [2.75, 3.05) is 51.8 Å². The summed E-state index contributed by atoms with van der Waals surface area (Å²) in [4.78, 5) is 12.9. The summed E-state index contributed by atoms with van der Waals surface area (Å²) in [7, 11) is 3.36. The van der Waals surface area contributed by atoms with Gasteiger partial charge < -0.3 is 19.4 Å². The average molecular weight is 380 g/mol. The van der Waals surface area contributed by atoms with Crippen LogP contribution in [0.15, 0.2) is 36.5 Å². The van der Waals surface area contributed by atoms with Gasteiger partial charge in [-0.25, -0.2) is 4.98 Å². The maximum absolute atomic E-state index is 5.50. The van der Waals surface area contributed by atoms with Crippen LogP contribution in [0.5, 0.6) is 11.5 Å². The monoisotopic (exact) mass is 380 g/mol. The van der Waals surface area contributed by atoms with E-state index in [0.717, 1.165) is 62.0 Å². The van der Waals surface area contributed by atoms with Crippen molar-refractivity contribution in [3.8, 4) is 11.5 Å². The lowest BCUT2D eigenvalue weighted by Crippen LogP contribution is -2.47. The molecule has 3 heterocycles. The zero-order valence-corrected chi connectivity index (χ0v) is 16.9. The highest BCUT2D eigenvalue weighted by Gasteiger charge is 2.19. The van der Waals surface area contributed by atoms with Crippen LogP contribution in [0, 0.1) is 6.92 Å². The van der Waals surface area contributed by atoms with Gasteiger partial charge in [0, 0.05) is 61.6 Å². The van der Waals surface area contributed by atoms with Crippen LogP contribution in [0.4, 0.5) is 5.82 Å². The third-order valence-electron chi connectivity index (χ3n) is 5.65. The van der Waals surface area contributed by atoms with E-state index in [1.54, 1.807) is 14.2 Å². The number of H-pyrrole nitrogens is 1. The third-order valence-corrected chi connectivity index (χ3v) is 5.65. The Morgan fingerprint density at radius 2 is 1.79 bits per heavy atom. The number of nitrogens with zero attached hydrogens (tertiary/aromatic N) is 3. The first kappa shape index (κ1) is 18.6. The van der Waals surface area contributed by atoms with Gasteiger partial charge in [-0.3, -0.25) is 4.90 Å². The number of fused-ring (bicyclic) bond motifs is 1. The molecule has 0 aliphatic carbocycles. The second-order valence-corrected chi connectivity index (χ2v) is 7.25. The topological polar surface area (TPSA) is 53.6 Å². The second kappa shape index (κ2) is 8.10. The van der Waals surface area contributed by atoms with E-state index in [9.17, 15) is 0 Å². The number of benzene rings is 1. The summed E-state index contributed by atoms with van der Waals surface area (Å²) in [5, 5.41) is 1.22. The first-order valence-corrected chi connectivity index (χ1v) is 9.81. The molecule has 6 heteroatoms. The molecule has 0 saturated carbocycles. The molecule has 6 nitrogen and oxygen atoms in total. The van der Waals surface area contributed by atoms with Gasteiger partial charge in [0.1, 0.15) is 5.82 Å². The van der Waals surface area contributed by atoms with E-state index >= 15 is 0 Å². The van der Waals surface area contributed by atoms with Gasteiger partial charge in [0.2, 0.25) is 0 Å². The average Bonchev–Trinajstić information content (AvgIpc) is 3.06. The van der Waals surface area contributed by atoms with Gasteiger partial charge in [-0.05, 0) is 37.1 Å². The van der Waals surface area contributed by atoms with E-state index in [2.05, 4.69) is 44.9 Å². The fourth-order valence-corrected chi connectivity index (χ4v) is 4.04. The van der Waals surface area contributed by atoms with Crippen molar-refractivity contribution in [1.29, 1.82) is 0 Å². The summed E-state index contributed by atoms with van der Waals surface area (Å²) in [5.74, 6) is 2.61. The molecule has 0 amide bonds. The number of methoxy groups -OCH3 is 2. The number of anilines is 1. The molecule has 0 unspecified atom stereocenters. The van der Waals surface area contributed by atoms with Crippen molar-refractivity contribution in [1.82, 2.24) is 14.9 Å². The Kier molecular flexibility index (Phi) is 5.39. The van der Waals surface area contributed by atoms with Gasteiger partial charge in [-0.2, -0.15) is 0 Å². The van der Waals surface area contributed by atoms with Crippen molar-refractivity contribution in [3.05, 3.63) is 47.8 Å². The van der Waals surface area contributed by atoms with Crippen LogP contribution in [-0.2, 0) is 6.42 Å². The lowest BCUT2D eigenvalue weighted by Gasteiger charge is -2.35. The Bertz CT molecular complexity index is 931. The van der Waals surface area contributed by atoms with E-state index in [-0.39, 0.29) is 0 Å². The van der Waals surface area contributed by atoms with Crippen LogP contribution in [0.1, 0.15) is 11.3 Å². The number of aryl methyl sites for hydroxylation is 1. The highest BCUT2D eigenvalue weighted by molar-refractivity contribution is 5.88. The minimum absolute atomic E-state index is 0.758. The van der Waals surface area contributed by atoms with Crippen LogP contribution in [0.2, 0.25) is 0 Å². The lowest BCUT2D eigenvalue weighted by molar-refractivity contribution is 0.260. The molecule has 28 heavy (non-hydrogen) atoms. The van der Waals surface area contributed by atoms with Gasteiger partial charge in [0.25, 0.3) is 0 Å². The van der Waals surface area contributed by atoms with Gasteiger partial charge in [0.15, 0.2) is 11.5 Å². The van der Waals surface area contributed by atoms with Crippen LogP contribution >= 0.6 is 0 Å². The molecule has 1 aliphatic rings. The Labute approximate surface area is 166 Å². The zero-order chi connectivity index (χ0) is 19.5. The van der Waals surface area contributed by atoms with Crippen LogP contribution < -0.4 is 14.4 Å². The van der Waals surface area contributed by atoms with E-state index in [4.69, 9.17) is 9.47 Å². The highest BCUT2D eigenvalue weighted by atomic mass is 16.5. The number of aromatic amines is 1. The maximum Gasteiger partial charge on any atom is 0.162 e. The number of pyridine rings is 1. The standard InChI is InChI=1S/C22H28N4O2/c1-16-17(18-14-20(27-2)21(28-3)15-19(18)24-16)7-9-25-10-12-26(13-11-25)22-6-4-5-8-23-22/h4-6,8,14-15,24H,7,9-13H2,1-3H3. The predicted octanol–water partition coefficient (Wildman–Crippen LogP) is 3.25. The Morgan fingerprint density at radius 1 is 1.04 bits per heavy atom. The van der Waals surface area contributed by atoms with Gasteiger partial charge >= 0.3 is 0 Å². The Morgan fingerprint density at radius 3 is 2.46 bits per heavy atom. The van der Waals surface area contributed by atoms with Crippen molar-refractivity contribution >= 4 is 16.7 Å². The first-order chi connectivity index (χ1) is 13.7. The van der Waals surface area contributed by atoms with Crippen LogP contribution in [-0.4, -0.2) is 61.8 Å².